The first-order valence-electron chi connectivity index (χ1n) is 11.5. The maximum atomic E-state index is 13.5. The Hall–Kier alpha value is -3.42. The molecule has 1 unspecified atom stereocenters. The summed E-state index contributed by atoms with van der Waals surface area (Å²) in [6, 6.07) is 5.72. The molecule has 1 heterocycles. The van der Waals surface area contributed by atoms with Crippen LogP contribution in [0.4, 0.5) is 0 Å². The van der Waals surface area contributed by atoms with E-state index in [1.54, 1.807) is 19.1 Å². The van der Waals surface area contributed by atoms with Gasteiger partial charge >= 0.3 is 5.97 Å². The highest BCUT2D eigenvalue weighted by Gasteiger charge is 2.43. The molecule has 208 valence electrons. The summed E-state index contributed by atoms with van der Waals surface area (Å²) >= 11 is 0. The number of aromatic nitrogens is 1. The van der Waals surface area contributed by atoms with E-state index in [1.165, 1.54) is 46.3 Å². The van der Waals surface area contributed by atoms with Crippen LogP contribution in [0.3, 0.4) is 0 Å². The van der Waals surface area contributed by atoms with Crippen LogP contribution in [0.5, 0.6) is 0 Å². The van der Waals surface area contributed by atoms with Crippen molar-refractivity contribution in [1.29, 1.82) is 0 Å². The van der Waals surface area contributed by atoms with Crippen molar-refractivity contribution in [2.75, 3.05) is 21.3 Å². The fourth-order valence-electron chi connectivity index (χ4n) is 3.99. The molecule has 1 aromatic heterocycles. The molecule has 38 heavy (non-hydrogen) atoms. The highest BCUT2D eigenvalue weighted by atomic mass is 32.2. The van der Waals surface area contributed by atoms with Crippen LogP contribution in [0, 0.1) is 22.5 Å². The molecule has 0 saturated carbocycles. The number of benzene rings is 1. The number of nitro groups is 1. The average Bonchev–Trinajstić information content (AvgIpc) is 3.28. The largest absolute Gasteiger partial charge is 0.469 e. The Bertz CT molecular complexity index is 1290. The molecule has 1 aromatic carbocycles. The van der Waals surface area contributed by atoms with Gasteiger partial charge in [-0.15, -0.1) is 0 Å². The Morgan fingerprint density at radius 1 is 1.08 bits per heavy atom. The van der Waals surface area contributed by atoms with Crippen LogP contribution >= 0.6 is 0 Å². The second-order valence-corrected chi connectivity index (χ2v) is 11.3. The second-order valence-electron chi connectivity index (χ2n) is 9.45. The Kier molecular flexibility index (Phi) is 10.1. The Morgan fingerprint density at radius 2 is 1.66 bits per heavy atom. The number of carbonyl (C=O) groups is 3. The van der Waals surface area contributed by atoms with E-state index in [9.17, 15) is 32.9 Å². The maximum Gasteiger partial charge on any atom is 0.313 e. The maximum absolute atomic E-state index is 13.5. The van der Waals surface area contributed by atoms with Crippen molar-refractivity contribution in [3.05, 3.63) is 63.5 Å². The van der Waals surface area contributed by atoms with Crippen molar-refractivity contribution < 1.29 is 41.9 Å². The fourth-order valence-corrected chi connectivity index (χ4v) is 5.38. The van der Waals surface area contributed by atoms with E-state index >= 15 is 0 Å². The highest BCUT2D eigenvalue weighted by Crippen LogP contribution is 2.32. The molecule has 2 rings (SSSR count). The number of Topliss-reactive ketones (excluding diaryl/α,β-unsaturated/α-hetero) is 2. The summed E-state index contributed by atoms with van der Waals surface area (Å²) in [4.78, 5) is 48.4. The Labute approximate surface area is 221 Å². The molecule has 0 amide bonds. The molecule has 0 saturated heterocycles. The molecule has 0 aliphatic heterocycles. The van der Waals surface area contributed by atoms with Gasteiger partial charge in [-0.05, 0) is 25.1 Å². The molecule has 13 heteroatoms. The molecule has 0 N–H and O–H groups in total. The minimum absolute atomic E-state index is 0.0592. The lowest BCUT2D eigenvalue weighted by atomic mass is 9.78. The van der Waals surface area contributed by atoms with Gasteiger partial charge in [0, 0.05) is 48.4 Å². The number of hydrogen-bond acceptors (Lipinski definition) is 10. The number of ether oxygens (including phenoxy) is 3. The van der Waals surface area contributed by atoms with Crippen molar-refractivity contribution in [1.82, 2.24) is 3.97 Å². The van der Waals surface area contributed by atoms with Gasteiger partial charge in [0.1, 0.15) is 6.42 Å². The lowest BCUT2D eigenvalue weighted by Crippen LogP contribution is -2.42. The second kappa shape index (κ2) is 12.4. The number of hydrogen-bond donors (Lipinski definition) is 0. The molecular weight excluding hydrogens is 520 g/mol. The monoisotopic (exact) mass is 552 g/mol. The molecule has 0 fully saturated rings. The van der Waals surface area contributed by atoms with E-state index in [0.29, 0.717) is 0 Å². The lowest BCUT2D eigenvalue weighted by molar-refractivity contribution is -0.540. The van der Waals surface area contributed by atoms with Crippen LogP contribution in [0.15, 0.2) is 41.4 Å². The van der Waals surface area contributed by atoms with Crippen LogP contribution in [0.1, 0.15) is 48.3 Å². The number of methoxy groups -OCH3 is 3. The van der Waals surface area contributed by atoms with Crippen LogP contribution in [-0.2, 0) is 40.2 Å². The first kappa shape index (κ1) is 30.8. The van der Waals surface area contributed by atoms with E-state index in [4.69, 9.17) is 9.47 Å². The number of carbonyl (C=O) groups excluding carboxylic acids is 3. The lowest BCUT2D eigenvalue weighted by Gasteiger charge is -2.28. The van der Waals surface area contributed by atoms with E-state index in [0.717, 1.165) is 22.8 Å². The van der Waals surface area contributed by atoms with Crippen molar-refractivity contribution in [3.63, 3.8) is 0 Å². The first-order valence-corrected chi connectivity index (χ1v) is 13.0. The SMILES string of the molecule is COC(=O)CC(=O)c1cc(CC([N+](=O)[O-])C(C)(C)CC(=O)C(OC)OC)n(S(=O)(=O)c2ccc(C)cc2)c1. The van der Waals surface area contributed by atoms with Crippen LogP contribution in [0.25, 0.3) is 0 Å². The quantitative estimate of drug-likeness (QED) is 0.0850. The van der Waals surface area contributed by atoms with Crippen LogP contribution in [-0.4, -0.2) is 68.5 Å². The molecule has 0 spiro atoms. The highest BCUT2D eigenvalue weighted by molar-refractivity contribution is 7.90. The van der Waals surface area contributed by atoms with Gasteiger partial charge in [0.05, 0.1) is 18.4 Å². The van der Waals surface area contributed by atoms with Gasteiger partial charge in [-0.25, -0.2) is 12.4 Å². The third kappa shape index (κ3) is 7.11. The zero-order valence-corrected chi connectivity index (χ0v) is 22.9. The predicted molar refractivity (Wildman–Crippen MR) is 135 cm³/mol. The summed E-state index contributed by atoms with van der Waals surface area (Å²) in [7, 11) is -0.640. The van der Waals surface area contributed by atoms with Gasteiger partial charge in [-0.2, -0.15) is 0 Å². The summed E-state index contributed by atoms with van der Waals surface area (Å²) in [6.07, 6.45) is -1.55. The standard InChI is InChI=1S/C25H32N2O10S/c1-16-7-9-19(10-8-16)38(33,34)26-15-17(20(28)13-23(30)35-4)11-18(26)12-22(27(31)32)25(2,3)14-21(29)24(36-5)37-6/h7-11,15,22,24H,12-14H2,1-6H3. The molecule has 1 atom stereocenters. The van der Waals surface area contributed by atoms with E-state index in [-0.39, 0.29) is 22.6 Å². The summed E-state index contributed by atoms with van der Waals surface area (Å²) in [5.41, 5.74) is -0.641. The van der Waals surface area contributed by atoms with Gasteiger partial charge < -0.3 is 14.2 Å². The van der Waals surface area contributed by atoms with Crippen LogP contribution < -0.4 is 0 Å². The third-order valence-corrected chi connectivity index (χ3v) is 7.90. The molecule has 2 aromatic rings. The van der Waals surface area contributed by atoms with Crippen molar-refractivity contribution in [3.8, 4) is 0 Å². The number of esters is 1. The minimum atomic E-state index is -4.28. The van der Waals surface area contributed by atoms with E-state index in [1.807, 2.05) is 0 Å². The number of nitrogens with zero attached hydrogens (tertiary/aromatic N) is 2. The van der Waals surface area contributed by atoms with Gasteiger partial charge in [0.2, 0.25) is 12.3 Å². The summed E-state index contributed by atoms with van der Waals surface area (Å²) in [5.74, 6) is -2.06. The average molecular weight is 553 g/mol. The topological polar surface area (TPSA) is 161 Å². The van der Waals surface area contributed by atoms with Crippen molar-refractivity contribution in [2.45, 2.75) is 57.3 Å². The normalized spacial score (nSPS) is 12.8. The zero-order valence-electron chi connectivity index (χ0n) is 22.1. The number of ketones is 2. The predicted octanol–water partition coefficient (Wildman–Crippen LogP) is 2.57. The van der Waals surface area contributed by atoms with Crippen LogP contribution in [0.2, 0.25) is 0 Å². The molecular formula is C25H32N2O10S. The third-order valence-electron chi connectivity index (χ3n) is 6.17. The summed E-state index contributed by atoms with van der Waals surface area (Å²) in [6.45, 7) is 4.79. The van der Waals surface area contributed by atoms with Gasteiger partial charge in [0.15, 0.2) is 11.6 Å². The first-order chi connectivity index (χ1) is 17.7. The van der Waals surface area contributed by atoms with Crippen molar-refractivity contribution >= 4 is 27.6 Å². The van der Waals surface area contributed by atoms with Gasteiger partial charge in [-0.1, -0.05) is 31.5 Å². The molecule has 12 nitrogen and oxygen atoms in total. The smallest absolute Gasteiger partial charge is 0.313 e. The molecule has 0 radical (unpaired) electrons. The fraction of sp³-hybridized carbons (Fsp3) is 0.480. The number of rotatable bonds is 14. The van der Waals surface area contributed by atoms with Gasteiger partial charge in [0.25, 0.3) is 10.0 Å². The Balaban J connectivity index is 2.59. The van der Waals surface area contributed by atoms with Gasteiger partial charge in [-0.3, -0.25) is 24.5 Å². The summed E-state index contributed by atoms with van der Waals surface area (Å²) in [5, 5.41) is 12.2. The van der Waals surface area contributed by atoms with E-state index in [2.05, 4.69) is 4.74 Å². The molecule has 0 bridgehead atoms. The molecule has 0 aliphatic carbocycles. The summed E-state index contributed by atoms with van der Waals surface area (Å²) < 4.78 is 42.3. The van der Waals surface area contributed by atoms with Crippen molar-refractivity contribution in [2.24, 2.45) is 5.41 Å². The number of aryl methyl sites for hydroxylation is 1. The Morgan fingerprint density at radius 3 is 2.16 bits per heavy atom. The molecule has 0 aliphatic rings. The zero-order chi connectivity index (χ0) is 28.8. The minimum Gasteiger partial charge on any atom is -0.469 e. The van der Waals surface area contributed by atoms with E-state index < -0.39 is 63.1 Å².